The molecule has 20 nitrogen and oxygen atoms in total. The Bertz CT molecular complexity index is 3420. The summed E-state index contributed by atoms with van der Waals surface area (Å²) < 4.78 is 0. The molecule has 6 aliphatic rings. The topological polar surface area (TPSA) is 198 Å². The van der Waals surface area contributed by atoms with E-state index in [2.05, 4.69) is 272 Å². The van der Waals surface area contributed by atoms with E-state index in [1.807, 2.05) is 24.8 Å². The number of nitrogens with zero attached hydrogens (tertiary/aromatic N) is 14. The molecule has 0 unspecified atom stereocenters. The second-order valence-electron chi connectivity index (χ2n) is 40.6. The molecule has 4 aliphatic carbocycles. The molecule has 0 radical (unpaired) electrons. The fourth-order valence-corrected chi connectivity index (χ4v) is 19.6. The monoisotopic (exact) mass is 1650 g/mol. The summed E-state index contributed by atoms with van der Waals surface area (Å²) >= 11 is 0. The van der Waals surface area contributed by atoms with Crippen LogP contribution in [0.5, 0.6) is 0 Å². The largest absolute Gasteiger partial charge is 0.375 e. The van der Waals surface area contributed by atoms with Gasteiger partial charge in [-0.05, 0) is 293 Å². The highest BCUT2D eigenvalue weighted by molar-refractivity contribution is 5.27. The van der Waals surface area contributed by atoms with Crippen molar-refractivity contribution in [1.29, 1.82) is 0 Å². The molecule has 6 aromatic rings. The molecule has 6 fully saturated rings. The lowest BCUT2D eigenvalue weighted by Gasteiger charge is -2.36. The molecule has 0 atom stereocenters. The Morgan fingerprint density at radius 2 is 0.655 bits per heavy atom. The first-order valence-corrected chi connectivity index (χ1v) is 48.5. The first-order valence-electron chi connectivity index (χ1n) is 48.5. The molecule has 20 heteroatoms. The number of unbranched alkanes of at least 4 members (excludes halogenated alkanes) is 2. The molecule has 12 rings (SSSR count). The average molecular weight is 1650 g/mol. The summed E-state index contributed by atoms with van der Waals surface area (Å²) in [5.41, 5.74) is 19.1. The van der Waals surface area contributed by atoms with Crippen LogP contribution in [0.1, 0.15) is 394 Å². The molecule has 4 saturated carbocycles. The van der Waals surface area contributed by atoms with Gasteiger partial charge in [0.15, 0.2) is 0 Å². The van der Waals surface area contributed by atoms with E-state index in [1.54, 1.807) is 0 Å². The highest BCUT2D eigenvalue weighted by Gasteiger charge is 2.33. The Hall–Kier alpha value is -5.48. The first-order chi connectivity index (χ1) is 57.1. The molecule has 2 aliphatic heterocycles. The second kappa shape index (κ2) is 53.0. The lowest BCUT2D eigenvalue weighted by Crippen LogP contribution is -2.35. The van der Waals surface area contributed by atoms with Gasteiger partial charge in [0.25, 0.3) is 0 Å². The number of rotatable bonds is 36. The normalized spacial score (nSPS) is 20.3. The lowest BCUT2D eigenvalue weighted by atomic mass is 9.71. The van der Waals surface area contributed by atoms with Crippen LogP contribution < -0.4 is 0 Å². The van der Waals surface area contributed by atoms with Crippen LogP contribution in [0.2, 0.25) is 0 Å². The predicted octanol–water partition coefficient (Wildman–Crippen LogP) is 22.4. The van der Waals surface area contributed by atoms with Gasteiger partial charge in [0.2, 0.25) is 0 Å². The average Bonchev–Trinajstić information content (AvgIpc) is 1.80. The van der Waals surface area contributed by atoms with E-state index in [0.29, 0.717) is 40.4 Å². The van der Waals surface area contributed by atoms with E-state index in [4.69, 9.17) is 0 Å². The maximum Gasteiger partial charge on any atom is 0.0535 e. The van der Waals surface area contributed by atoms with Crippen LogP contribution in [0.25, 0.3) is 0 Å². The molecular formula is C99H180N20. The summed E-state index contributed by atoms with van der Waals surface area (Å²) in [6.45, 7) is 60.1. The van der Waals surface area contributed by atoms with Crippen LogP contribution in [0.3, 0.4) is 0 Å². The zero-order valence-corrected chi connectivity index (χ0v) is 80.5. The van der Waals surface area contributed by atoms with Gasteiger partial charge in [-0.2, -0.15) is 30.6 Å². The van der Waals surface area contributed by atoms with Crippen molar-refractivity contribution in [3.8, 4) is 0 Å². The summed E-state index contributed by atoms with van der Waals surface area (Å²) in [6, 6.07) is 0. The third-order valence-electron chi connectivity index (χ3n) is 27.3. The van der Waals surface area contributed by atoms with Crippen molar-refractivity contribution in [1.82, 2.24) is 100 Å². The second-order valence-corrected chi connectivity index (χ2v) is 40.6. The van der Waals surface area contributed by atoms with Crippen LogP contribution in [0, 0.1) is 34.5 Å². The minimum absolute atomic E-state index is 0.537. The van der Waals surface area contributed by atoms with Crippen LogP contribution in [0.4, 0.5) is 0 Å². The number of aromatic amines is 6. The van der Waals surface area contributed by atoms with E-state index >= 15 is 0 Å². The van der Waals surface area contributed by atoms with Crippen molar-refractivity contribution >= 4 is 0 Å². The van der Waals surface area contributed by atoms with Crippen molar-refractivity contribution in [2.24, 2.45) is 34.5 Å². The molecule has 119 heavy (non-hydrogen) atoms. The molecule has 0 amide bonds. The highest BCUT2D eigenvalue weighted by atomic mass is 15.2. The first kappa shape index (κ1) is 101. The summed E-state index contributed by atoms with van der Waals surface area (Å²) in [5, 5.41) is 45.4. The van der Waals surface area contributed by atoms with Gasteiger partial charge in [-0.3, -0.25) is 30.6 Å². The Morgan fingerprint density at radius 3 is 0.983 bits per heavy atom. The smallest absolute Gasteiger partial charge is 0.0535 e. The molecule has 0 spiro atoms. The molecule has 6 N–H and O–H groups in total. The minimum atomic E-state index is 0.537. The SMILES string of the molecule is C=C(C(C)C)N1CCC(c2[nH]ncc2CN(C)CCCC)CC1.CCCCN(C)Cc1cn[nH]c1C1CCN(CC(C)C)CC1.CCCN(C)Cc1[nH]ncc1C1CCC(C)(C)CC1.CCCN(C)Cc1[nH]ncc1C1CCC(C)CC1.CCCN(C)Cc1cn[nH]c1C1CCC(C)(C)CC1.CCCN(C)Cc1cn[nH]c1C1CCC(C)CC1. The van der Waals surface area contributed by atoms with Gasteiger partial charge in [-0.15, -0.1) is 0 Å². The number of hydrogen-bond acceptors (Lipinski definition) is 14. The van der Waals surface area contributed by atoms with Crippen LogP contribution >= 0.6 is 0 Å². The number of piperidine rings is 2. The maximum absolute atomic E-state index is 4.33. The molecule has 676 valence electrons. The van der Waals surface area contributed by atoms with Crippen molar-refractivity contribution < 1.29 is 0 Å². The van der Waals surface area contributed by atoms with Crippen LogP contribution in [-0.2, 0) is 39.3 Å². The van der Waals surface area contributed by atoms with E-state index in [9.17, 15) is 0 Å². The zero-order valence-electron chi connectivity index (χ0n) is 80.5. The van der Waals surface area contributed by atoms with Crippen molar-refractivity contribution in [2.75, 3.05) is 114 Å². The Kier molecular flexibility index (Phi) is 44.8. The summed E-state index contributed by atoms with van der Waals surface area (Å²) in [7, 11) is 13.2. The third kappa shape index (κ3) is 34.9. The van der Waals surface area contributed by atoms with Gasteiger partial charge in [-0.25, -0.2) is 0 Å². The lowest BCUT2D eigenvalue weighted by molar-refractivity contribution is 0.190. The Morgan fingerprint density at radius 1 is 0.370 bits per heavy atom. The number of hydrogen-bond donors (Lipinski definition) is 6. The fourth-order valence-electron chi connectivity index (χ4n) is 19.6. The van der Waals surface area contributed by atoms with Gasteiger partial charge in [-0.1, -0.05) is 156 Å². The minimum Gasteiger partial charge on any atom is -0.375 e. The van der Waals surface area contributed by atoms with Gasteiger partial charge in [0.05, 0.1) is 48.6 Å². The summed E-state index contributed by atoms with van der Waals surface area (Å²) in [6.07, 6.45) is 48.5. The van der Waals surface area contributed by atoms with E-state index in [0.717, 1.165) is 115 Å². The maximum atomic E-state index is 4.33. The van der Waals surface area contributed by atoms with E-state index in [1.165, 1.54) is 279 Å². The Labute approximate surface area is 727 Å². The van der Waals surface area contributed by atoms with Crippen molar-refractivity contribution in [3.05, 3.63) is 117 Å². The standard InChI is InChI=1S/C19H34N4.C18H34N4.2C16H29N3.2C15H27N3/c1-6-7-10-22(5)14-18-13-20-21-19(18)17-8-11-23(12-9-17)16(4)15(2)3;1-5-6-9-21(4)14-17-12-19-20-18(17)16-7-10-22(11-8-16)13-15(2)3;1-5-10-19(4)12-15-14(11-17-18-15)13-6-8-16(2,3)9-7-13;1-5-10-19(4)12-14-11-17-18-15(14)13-6-8-16(2,3)9-7-13;1-4-9-18(3)11-15-14(10-16-17-15)13-7-5-12(2)6-8-13;1-4-9-18(3)11-14-10-16-17-15(14)13-7-5-12(2)6-8-13/h13,15,17H,4,6-12,14H2,1-3,5H3,(H,20,21);12,15-16H,5-11,13-14H2,1-4H3,(H,19,20);2*11,13H,5-10,12H2,1-4H3,(H,17,18);2*10,12-13H,4-9,11H2,1-3H3,(H,16,17). The third-order valence-corrected chi connectivity index (χ3v) is 27.3. The molecular weight excluding hydrogens is 1470 g/mol. The molecule has 2 saturated heterocycles. The number of likely N-dealkylation sites (tertiary alicyclic amines) is 2. The van der Waals surface area contributed by atoms with Gasteiger partial charge >= 0.3 is 0 Å². The highest BCUT2D eigenvalue weighted by Crippen LogP contribution is 2.45. The molecule has 8 heterocycles. The number of allylic oxidation sites excluding steroid dienone is 1. The van der Waals surface area contributed by atoms with Crippen LogP contribution in [-0.4, -0.2) is 215 Å². The quantitative estimate of drug-likeness (QED) is 0.0217. The number of H-pyrrole nitrogens is 6. The Balaban J connectivity index is 0.000000197. The molecule has 0 aromatic carbocycles. The van der Waals surface area contributed by atoms with Crippen molar-refractivity contribution in [2.45, 2.75) is 365 Å². The van der Waals surface area contributed by atoms with Crippen LogP contribution in [0.15, 0.2) is 49.5 Å². The zero-order chi connectivity index (χ0) is 86.4. The summed E-state index contributed by atoms with van der Waals surface area (Å²) in [5.74, 6) is 7.29. The van der Waals surface area contributed by atoms with Gasteiger partial charge in [0, 0.05) is 133 Å². The van der Waals surface area contributed by atoms with E-state index < -0.39 is 0 Å². The summed E-state index contributed by atoms with van der Waals surface area (Å²) in [4.78, 5) is 19.4. The number of aromatic nitrogens is 12. The predicted molar refractivity (Wildman–Crippen MR) is 502 cm³/mol. The molecule has 6 aromatic heterocycles. The van der Waals surface area contributed by atoms with Gasteiger partial charge in [0.1, 0.15) is 0 Å². The van der Waals surface area contributed by atoms with Gasteiger partial charge < -0.3 is 39.2 Å². The number of nitrogens with one attached hydrogen (secondary N) is 6. The van der Waals surface area contributed by atoms with E-state index in [-0.39, 0.29) is 0 Å². The van der Waals surface area contributed by atoms with Crippen molar-refractivity contribution in [3.63, 3.8) is 0 Å². The molecule has 0 bridgehead atoms. The fraction of sp³-hybridized carbons (Fsp3) is 0.798.